The van der Waals surface area contributed by atoms with Gasteiger partial charge in [-0.05, 0) is 0 Å². The SMILES string of the molecule is NC(CS)C(=O)NCC(=O)NCC(=O)OF. The lowest BCUT2D eigenvalue weighted by Gasteiger charge is -2.09. The van der Waals surface area contributed by atoms with E-state index in [1.807, 2.05) is 5.32 Å². The van der Waals surface area contributed by atoms with Gasteiger partial charge in [-0.3, -0.25) is 14.5 Å². The van der Waals surface area contributed by atoms with Crippen LogP contribution in [0.1, 0.15) is 0 Å². The van der Waals surface area contributed by atoms with Gasteiger partial charge in [-0.2, -0.15) is 12.6 Å². The van der Waals surface area contributed by atoms with E-state index in [1.165, 1.54) is 0 Å². The molecule has 0 aliphatic heterocycles. The molecule has 0 aromatic heterocycles. The number of amides is 2. The van der Waals surface area contributed by atoms with Crippen LogP contribution >= 0.6 is 12.6 Å². The molecule has 0 rings (SSSR count). The predicted molar refractivity (Wildman–Crippen MR) is 55.0 cm³/mol. The molecule has 2 amide bonds. The van der Waals surface area contributed by atoms with E-state index in [2.05, 4.69) is 22.9 Å². The van der Waals surface area contributed by atoms with Crippen molar-refractivity contribution >= 4 is 30.4 Å². The number of halogens is 1. The molecule has 4 N–H and O–H groups in total. The zero-order valence-corrected chi connectivity index (χ0v) is 9.13. The Morgan fingerprint density at radius 1 is 1.31 bits per heavy atom. The molecule has 7 nitrogen and oxygen atoms in total. The Bertz CT molecular complexity index is 276. The van der Waals surface area contributed by atoms with Crippen LogP contribution in [0, 0.1) is 0 Å². The number of hydrogen-bond acceptors (Lipinski definition) is 6. The van der Waals surface area contributed by atoms with Gasteiger partial charge in [-0.25, -0.2) is 4.79 Å². The van der Waals surface area contributed by atoms with E-state index in [-0.39, 0.29) is 12.3 Å². The maximum absolute atomic E-state index is 11.2. The van der Waals surface area contributed by atoms with Crippen molar-refractivity contribution in [3.8, 4) is 0 Å². The van der Waals surface area contributed by atoms with Crippen molar-refractivity contribution in [3.05, 3.63) is 0 Å². The van der Waals surface area contributed by atoms with Crippen LogP contribution in [0.3, 0.4) is 0 Å². The second-order valence-corrected chi connectivity index (χ2v) is 3.10. The van der Waals surface area contributed by atoms with E-state index < -0.39 is 30.4 Å². The molecule has 0 spiro atoms. The van der Waals surface area contributed by atoms with Crippen LogP contribution < -0.4 is 16.4 Å². The van der Waals surface area contributed by atoms with Gasteiger partial charge in [0, 0.05) is 10.3 Å². The van der Waals surface area contributed by atoms with Gasteiger partial charge < -0.3 is 16.4 Å². The lowest BCUT2D eigenvalue weighted by Crippen LogP contribution is -2.46. The molecule has 0 aliphatic rings. The summed E-state index contributed by atoms with van der Waals surface area (Å²) in [6.45, 7) is -0.969. The van der Waals surface area contributed by atoms with Gasteiger partial charge in [0.15, 0.2) is 0 Å². The normalized spacial score (nSPS) is 11.4. The van der Waals surface area contributed by atoms with E-state index in [9.17, 15) is 18.9 Å². The minimum Gasteiger partial charge on any atom is -0.346 e. The van der Waals surface area contributed by atoms with Crippen molar-refractivity contribution in [1.82, 2.24) is 10.6 Å². The van der Waals surface area contributed by atoms with Gasteiger partial charge in [0.1, 0.15) is 6.54 Å². The number of carbonyl (C=O) groups excluding carboxylic acids is 3. The Kier molecular flexibility index (Phi) is 7.21. The first-order chi connectivity index (χ1) is 7.51. The third-order valence-electron chi connectivity index (χ3n) is 1.47. The fourth-order valence-electron chi connectivity index (χ4n) is 0.642. The van der Waals surface area contributed by atoms with Gasteiger partial charge in [0.05, 0.1) is 12.6 Å². The number of carbonyl (C=O) groups is 3. The summed E-state index contributed by atoms with van der Waals surface area (Å²) < 4.78 is 11.2. The summed E-state index contributed by atoms with van der Waals surface area (Å²) in [5, 5.41) is 4.22. The highest BCUT2D eigenvalue weighted by atomic mass is 32.1. The van der Waals surface area contributed by atoms with Gasteiger partial charge in [-0.1, -0.05) is 0 Å². The average molecular weight is 253 g/mol. The zero-order valence-electron chi connectivity index (χ0n) is 8.23. The molecule has 0 bridgehead atoms. The van der Waals surface area contributed by atoms with Crippen molar-refractivity contribution in [1.29, 1.82) is 0 Å². The highest BCUT2D eigenvalue weighted by Gasteiger charge is 2.13. The maximum atomic E-state index is 11.2. The topological polar surface area (TPSA) is 111 Å². The zero-order chi connectivity index (χ0) is 12.6. The number of thiol groups is 1. The van der Waals surface area contributed by atoms with Crippen LogP contribution in [0.25, 0.3) is 0 Å². The van der Waals surface area contributed by atoms with Gasteiger partial charge in [-0.15, -0.1) is 0 Å². The summed E-state index contributed by atoms with van der Waals surface area (Å²) in [6.07, 6.45) is 0. The van der Waals surface area contributed by atoms with E-state index in [0.717, 1.165) is 0 Å². The fraction of sp³-hybridized carbons (Fsp3) is 0.571. The second kappa shape index (κ2) is 7.88. The van der Waals surface area contributed by atoms with Crippen LogP contribution in [0.4, 0.5) is 4.53 Å². The summed E-state index contributed by atoms with van der Waals surface area (Å²) in [5.74, 6) is -2.29. The molecular formula is C7H12FN3O4S. The van der Waals surface area contributed by atoms with Crippen LogP contribution in [0.15, 0.2) is 0 Å². The van der Waals surface area contributed by atoms with E-state index >= 15 is 0 Å². The molecule has 16 heavy (non-hydrogen) atoms. The number of nitrogens with two attached hydrogens (primary N) is 1. The quantitative estimate of drug-likeness (QED) is 0.405. The Balaban J connectivity index is 3.73. The second-order valence-electron chi connectivity index (χ2n) is 2.73. The minimum atomic E-state index is -1.23. The van der Waals surface area contributed by atoms with E-state index in [0.29, 0.717) is 0 Å². The Labute approximate surface area is 96.2 Å². The molecule has 92 valence electrons. The molecule has 0 saturated carbocycles. The molecule has 0 fully saturated rings. The molecule has 0 radical (unpaired) electrons. The third kappa shape index (κ3) is 6.19. The molecule has 0 heterocycles. The first-order valence-electron chi connectivity index (χ1n) is 4.23. The molecule has 0 saturated heterocycles. The van der Waals surface area contributed by atoms with Gasteiger partial charge >= 0.3 is 5.97 Å². The Morgan fingerprint density at radius 3 is 2.44 bits per heavy atom. The van der Waals surface area contributed by atoms with E-state index in [4.69, 9.17) is 5.73 Å². The maximum Gasteiger partial charge on any atom is 0.367 e. The van der Waals surface area contributed by atoms with Crippen molar-refractivity contribution in [3.63, 3.8) is 0 Å². The summed E-state index contributed by atoms with van der Waals surface area (Å²) >= 11 is 3.79. The lowest BCUT2D eigenvalue weighted by atomic mass is 10.3. The summed E-state index contributed by atoms with van der Waals surface area (Å²) in [5.41, 5.74) is 5.30. The minimum absolute atomic E-state index is 0.141. The number of nitrogens with one attached hydrogen (secondary N) is 2. The van der Waals surface area contributed by atoms with Crippen molar-refractivity contribution in [2.24, 2.45) is 5.73 Å². The first-order valence-corrected chi connectivity index (χ1v) is 4.86. The molecule has 9 heteroatoms. The van der Waals surface area contributed by atoms with Crippen LogP contribution in [0.2, 0.25) is 0 Å². The van der Waals surface area contributed by atoms with E-state index in [1.54, 1.807) is 0 Å². The van der Waals surface area contributed by atoms with Crippen molar-refractivity contribution in [2.45, 2.75) is 6.04 Å². The number of hydrogen-bond donors (Lipinski definition) is 4. The van der Waals surface area contributed by atoms with Gasteiger partial charge in [0.25, 0.3) is 0 Å². The average Bonchev–Trinajstić information content (AvgIpc) is 2.31. The highest BCUT2D eigenvalue weighted by molar-refractivity contribution is 7.80. The fourth-order valence-corrected chi connectivity index (χ4v) is 0.808. The smallest absolute Gasteiger partial charge is 0.346 e. The van der Waals surface area contributed by atoms with Gasteiger partial charge in [0.2, 0.25) is 11.8 Å². The molecule has 1 unspecified atom stereocenters. The van der Waals surface area contributed by atoms with Crippen molar-refractivity contribution in [2.75, 3.05) is 18.8 Å². The standard InChI is InChI=1S/C7H12FN3O4S/c8-15-6(13)2-10-5(12)1-11-7(14)4(9)3-16/h4,16H,1-3,9H2,(H,10,12)(H,11,14). The third-order valence-corrected chi connectivity index (χ3v) is 1.87. The molecular weight excluding hydrogens is 241 g/mol. The first kappa shape index (κ1) is 14.6. The van der Waals surface area contributed by atoms with Crippen LogP contribution in [-0.2, 0) is 19.3 Å². The largest absolute Gasteiger partial charge is 0.367 e. The number of rotatable bonds is 6. The predicted octanol–water partition coefficient (Wildman–Crippen LogP) is -2.10. The molecule has 0 aromatic carbocycles. The Hall–Kier alpha value is -1.35. The Morgan fingerprint density at radius 2 is 1.94 bits per heavy atom. The molecule has 0 aliphatic carbocycles. The molecule has 1 atom stereocenters. The highest BCUT2D eigenvalue weighted by Crippen LogP contribution is 1.82. The summed E-state index contributed by atoms with van der Waals surface area (Å²) in [6, 6.07) is -0.813. The monoisotopic (exact) mass is 253 g/mol. The lowest BCUT2D eigenvalue weighted by molar-refractivity contribution is -0.182. The molecule has 0 aromatic rings. The summed E-state index contributed by atoms with van der Waals surface area (Å²) in [4.78, 5) is 35.1. The van der Waals surface area contributed by atoms with Crippen molar-refractivity contribution < 1.29 is 23.9 Å². The summed E-state index contributed by atoms with van der Waals surface area (Å²) in [7, 11) is 0. The van der Waals surface area contributed by atoms with Crippen LogP contribution in [0.5, 0.6) is 0 Å². The van der Waals surface area contributed by atoms with Crippen LogP contribution in [-0.4, -0.2) is 42.7 Å².